The number of nitrogens with zero attached hydrogens (tertiary/aromatic N) is 2. The van der Waals surface area contributed by atoms with Crippen LogP contribution >= 0.6 is 11.8 Å². The maximum Gasteiger partial charge on any atom is 0.293 e. The molecule has 0 bridgehead atoms. The van der Waals surface area contributed by atoms with Crippen LogP contribution in [-0.2, 0) is 4.79 Å². The SMILES string of the molecule is CCCN1C(=O)S/C(=C\c2ccc3c(c2)[C@H](C)CC(C)(C)N3CC)C1=O. The first-order chi connectivity index (χ1) is 12.3. The molecule has 3 rings (SSSR count). The number of hydrogen-bond acceptors (Lipinski definition) is 4. The van der Waals surface area contributed by atoms with Gasteiger partial charge in [-0.25, -0.2) is 0 Å². The second kappa shape index (κ2) is 7.10. The topological polar surface area (TPSA) is 40.6 Å². The summed E-state index contributed by atoms with van der Waals surface area (Å²) in [6.45, 7) is 12.5. The van der Waals surface area contributed by atoms with Gasteiger partial charge in [0, 0.05) is 24.3 Å². The number of imide groups is 1. The highest BCUT2D eigenvalue weighted by Gasteiger charge is 2.36. The molecule has 0 radical (unpaired) electrons. The Morgan fingerprint density at radius 2 is 2.00 bits per heavy atom. The molecule has 4 nitrogen and oxygen atoms in total. The third-order valence-electron chi connectivity index (χ3n) is 5.34. The van der Waals surface area contributed by atoms with Gasteiger partial charge in [0.1, 0.15) is 0 Å². The number of rotatable bonds is 4. The summed E-state index contributed by atoms with van der Waals surface area (Å²) in [7, 11) is 0. The van der Waals surface area contributed by atoms with Crippen molar-refractivity contribution in [1.29, 1.82) is 0 Å². The van der Waals surface area contributed by atoms with Gasteiger partial charge >= 0.3 is 0 Å². The maximum atomic E-state index is 12.5. The van der Waals surface area contributed by atoms with Crippen LogP contribution in [0.3, 0.4) is 0 Å². The number of carbonyl (C=O) groups excluding carboxylic acids is 2. The van der Waals surface area contributed by atoms with Gasteiger partial charge in [-0.2, -0.15) is 0 Å². The summed E-state index contributed by atoms with van der Waals surface area (Å²) in [5, 5.41) is -0.159. The molecule has 0 unspecified atom stereocenters. The number of anilines is 1. The summed E-state index contributed by atoms with van der Waals surface area (Å²) in [4.78, 5) is 28.8. The minimum absolute atomic E-state index is 0.144. The third-order valence-corrected chi connectivity index (χ3v) is 6.25. The Balaban J connectivity index is 1.94. The molecule has 0 saturated carbocycles. The molecule has 1 fully saturated rings. The zero-order chi connectivity index (χ0) is 19.1. The molecule has 26 heavy (non-hydrogen) atoms. The molecule has 0 N–H and O–H groups in total. The first-order valence-corrected chi connectivity index (χ1v) is 10.3. The van der Waals surface area contributed by atoms with Crippen LogP contribution in [0.5, 0.6) is 0 Å². The number of benzene rings is 1. The fourth-order valence-corrected chi connectivity index (χ4v) is 5.13. The fraction of sp³-hybridized carbons (Fsp3) is 0.524. The van der Waals surface area contributed by atoms with E-state index in [1.807, 2.05) is 13.0 Å². The van der Waals surface area contributed by atoms with Gasteiger partial charge in [-0.1, -0.05) is 19.9 Å². The minimum Gasteiger partial charge on any atom is -0.366 e. The van der Waals surface area contributed by atoms with Gasteiger partial charge in [0.2, 0.25) is 0 Å². The standard InChI is InChI=1S/C21H28N2O2S/c1-6-10-22-19(24)18(26-20(22)25)12-15-8-9-17-16(11-15)14(3)13-21(4,5)23(17)7-2/h8-9,11-12,14H,6-7,10,13H2,1-5H3/b18-12-/t14-/m1/s1. The molecule has 1 aromatic carbocycles. The van der Waals surface area contributed by atoms with Crippen molar-refractivity contribution < 1.29 is 9.59 Å². The molecule has 1 atom stereocenters. The van der Waals surface area contributed by atoms with Crippen molar-refractivity contribution >= 4 is 34.7 Å². The molecule has 140 valence electrons. The molecular formula is C21H28N2O2S. The predicted octanol–water partition coefficient (Wildman–Crippen LogP) is 5.25. The Morgan fingerprint density at radius 3 is 2.65 bits per heavy atom. The van der Waals surface area contributed by atoms with Crippen molar-refractivity contribution in [1.82, 2.24) is 4.90 Å². The first-order valence-electron chi connectivity index (χ1n) is 9.45. The second-order valence-electron chi connectivity index (χ2n) is 7.81. The smallest absolute Gasteiger partial charge is 0.293 e. The van der Waals surface area contributed by atoms with E-state index in [-0.39, 0.29) is 16.7 Å². The zero-order valence-corrected chi connectivity index (χ0v) is 17.2. The summed E-state index contributed by atoms with van der Waals surface area (Å²) >= 11 is 1.05. The number of fused-ring (bicyclic) bond motifs is 1. The van der Waals surface area contributed by atoms with E-state index in [9.17, 15) is 9.59 Å². The predicted molar refractivity (Wildman–Crippen MR) is 110 cm³/mol. The first kappa shape index (κ1) is 19.0. The van der Waals surface area contributed by atoms with Crippen molar-refractivity contribution in [3.05, 3.63) is 34.2 Å². The van der Waals surface area contributed by atoms with E-state index >= 15 is 0 Å². The van der Waals surface area contributed by atoms with Gasteiger partial charge in [0.15, 0.2) is 0 Å². The van der Waals surface area contributed by atoms with Gasteiger partial charge in [-0.15, -0.1) is 0 Å². The normalized spacial score (nSPS) is 23.7. The fourth-order valence-electron chi connectivity index (χ4n) is 4.26. The highest BCUT2D eigenvalue weighted by molar-refractivity contribution is 8.18. The Kier molecular flexibility index (Phi) is 5.20. The molecule has 1 aromatic rings. The molecule has 0 aliphatic carbocycles. The number of thioether (sulfide) groups is 1. The van der Waals surface area contributed by atoms with Gasteiger partial charge in [-0.05, 0) is 80.6 Å². The summed E-state index contributed by atoms with van der Waals surface area (Å²) in [5.41, 5.74) is 3.75. The Morgan fingerprint density at radius 1 is 1.27 bits per heavy atom. The van der Waals surface area contributed by atoms with Gasteiger partial charge in [0.25, 0.3) is 11.1 Å². The van der Waals surface area contributed by atoms with Crippen molar-refractivity contribution in [2.45, 2.75) is 58.9 Å². The van der Waals surface area contributed by atoms with E-state index in [1.165, 1.54) is 16.2 Å². The van der Waals surface area contributed by atoms with Crippen LogP contribution in [0, 0.1) is 0 Å². The summed E-state index contributed by atoms with van der Waals surface area (Å²) in [5.74, 6) is 0.301. The molecule has 2 heterocycles. The quantitative estimate of drug-likeness (QED) is 0.677. The molecule has 0 spiro atoms. The molecule has 2 aliphatic heterocycles. The molecule has 0 aromatic heterocycles. The average Bonchev–Trinajstić information content (AvgIpc) is 2.83. The summed E-state index contributed by atoms with van der Waals surface area (Å²) in [6, 6.07) is 6.41. The lowest BCUT2D eigenvalue weighted by Crippen LogP contribution is -2.48. The van der Waals surface area contributed by atoms with E-state index < -0.39 is 0 Å². The lowest BCUT2D eigenvalue weighted by atomic mass is 9.79. The lowest BCUT2D eigenvalue weighted by molar-refractivity contribution is -0.122. The van der Waals surface area contributed by atoms with Crippen molar-refractivity contribution in [2.24, 2.45) is 0 Å². The monoisotopic (exact) mass is 372 g/mol. The summed E-state index contributed by atoms with van der Waals surface area (Å²) in [6.07, 6.45) is 3.75. The molecule has 2 aliphatic rings. The average molecular weight is 373 g/mol. The largest absolute Gasteiger partial charge is 0.366 e. The Hall–Kier alpha value is -1.75. The Labute approximate surface area is 160 Å². The third kappa shape index (κ3) is 3.29. The molecule has 5 heteroatoms. The number of carbonyl (C=O) groups is 2. The van der Waals surface area contributed by atoms with Gasteiger partial charge in [-0.3, -0.25) is 14.5 Å². The van der Waals surface area contributed by atoms with Crippen LogP contribution < -0.4 is 4.90 Å². The number of hydrogen-bond donors (Lipinski definition) is 0. The lowest BCUT2D eigenvalue weighted by Gasteiger charge is -2.47. The number of amides is 2. The summed E-state index contributed by atoms with van der Waals surface area (Å²) < 4.78 is 0. The van der Waals surface area contributed by atoms with E-state index in [2.05, 4.69) is 50.8 Å². The van der Waals surface area contributed by atoms with E-state index in [1.54, 1.807) is 0 Å². The second-order valence-corrected chi connectivity index (χ2v) is 8.81. The zero-order valence-electron chi connectivity index (χ0n) is 16.3. The molecular weight excluding hydrogens is 344 g/mol. The van der Waals surface area contributed by atoms with Crippen LogP contribution in [0.2, 0.25) is 0 Å². The highest BCUT2D eigenvalue weighted by atomic mass is 32.2. The van der Waals surface area contributed by atoms with Crippen molar-refractivity contribution in [3.63, 3.8) is 0 Å². The minimum atomic E-state index is -0.163. The van der Waals surface area contributed by atoms with Crippen LogP contribution in [0.25, 0.3) is 6.08 Å². The molecule has 1 saturated heterocycles. The van der Waals surface area contributed by atoms with Crippen LogP contribution in [0.1, 0.15) is 64.5 Å². The highest BCUT2D eigenvalue weighted by Crippen LogP contribution is 2.44. The van der Waals surface area contributed by atoms with Crippen molar-refractivity contribution in [3.8, 4) is 0 Å². The van der Waals surface area contributed by atoms with Crippen LogP contribution in [-0.4, -0.2) is 34.7 Å². The van der Waals surface area contributed by atoms with Gasteiger partial charge < -0.3 is 4.90 Å². The van der Waals surface area contributed by atoms with Crippen LogP contribution in [0.15, 0.2) is 23.1 Å². The maximum absolute atomic E-state index is 12.5. The molecule has 2 amide bonds. The van der Waals surface area contributed by atoms with Crippen LogP contribution in [0.4, 0.5) is 10.5 Å². The van der Waals surface area contributed by atoms with Crippen molar-refractivity contribution in [2.75, 3.05) is 18.0 Å². The van der Waals surface area contributed by atoms with E-state index in [4.69, 9.17) is 0 Å². The van der Waals surface area contributed by atoms with E-state index in [0.29, 0.717) is 17.4 Å². The van der Waals surface area contributed by atoms with E-state index in [0.717, 1.165) is 36.7 Å². The Bertz CT molecular complexity index is 769. The van der Waals surface area contributed by atoms with Gasteiger partial charge in [0.05, 0.1) is 4.91 Å².